The van der Waals surface area contributed by atoms with E-state index in [-0.39, 0.29) is 28.0 Å². The highest BCUT2D eigenvalue weighted by atomic mass is 79.9. The Bertz CT molecular complexity index is 1290. The van der Waals surface area contributed by atoms with Crippen LogP contribution in [0.2, 0.25) is 0 Å². The fraction of sp³-hybridized carbons (Fsp3) is 0.0417. The van der Waals surface area contributed by atoms with Gasteiger partial charge in [-0.25, -0.2) is 9.18 Å². The third kappa shape index (κ3) is 3.69. The summed E-state index contributed by atoms with van der Waals surface area (Å²) in [5, 5.41) is 20.3. The molecule has 1 fully saturated rings. The zero-order valence-electron chi connectivity index (χ0n) is 16.3. The maximum Gasteiger partial charge on any atom is 0.335 e. The van der Waals surface area contributed by atoms with Crippen LogP contribution >= 0.6 is 15.9 Å². The van der Waals surface area contributed by atoms with E-state index in [1.165, 1.54) is 42.5 Å². The van der Waals surface area contributed by atoms with Crippen molar-refractivity contribution in [2.24, 2.45) is 0 Å². The number of aliphatic hydroxyl groups is 1. The molecule has 0 aliphatic carbocycles. The monoisotopic (exact) mass is 495 g/mol. The summed E-state index contributed by atoms with van der Waals surface area (Å²) in [4.78, 5) is 38.5. The Labute approximate surface area is 190 Å². The number of carboxylic acids is 1. The Morgan fingerprint density at radius 1 is 0.906 bits per heavy atom. The number of ketones is 1. The summed E-state index contributed by atoms with van der Waals surface area (Å²) in [6.45, 7) is 0. The van der Waals surface area contributed by atoms with E-state index in [1.54, 1.807) is 30.3 Å². The maximum absolute atomic E-state index is 14.8. The molecule has 1 atom stereocenters. The van der Waals surface area contributed by atoms with Crippen molar-refractivity contribution < 1.29 is 29.0 Å². The van der Waals surface area contributed by atoms with Gasteiger partial charge in [-0.2, -0.15) is 0 Å². The number of carboxylic acid groups (broad SMARTS) is 1. The molecule has 160 valence electrons. The summed E-state index contributed by atoms with van der Waals surface area (Å²) >= 11 is 3.29. The van der Waals surface area contributed by atoms with Gasteiger partial charge in [-0.1, -0.05) is 52.3 Å². The van der Waals surface area contributed by atoms with Crippen LogP contribution in [0.4, 0.5) is 10.1 Å². The standard InChI is InChI=1S/C24H15BrFNO5/c25-15-10-8-13(9-11-15)21(28)19-20(17-6-1-2-7-18(17)26)27(23(30)22(19)29)16-5-3-4-14(12-16)24(31)32/h1-12,20,28H,(H,31,32)/b21-19+/t20-/m1/s1. The third-order valence-electron chi connectivity index (χ3n) is 5.13. The quantitative estimate of drug-likeness (QED) is 0.304. The average Bonchev–Trinajstić information content (AvgIpc) is 3.04. The molecular weight excluding hydrogens is 481 g/mol. The van der Waals surface area contributed by atoms with Gasteiger partial charge in [0.2, 0.25) is 0 Å². The van der Waals surface area contributed by atoms with Crippen molar-refractivity contribution in [3.63, 3.8) is 0 Å². The third-order valence-corrected chi connectivity index (χ3v) is 5.66. The van der Waals surface area contributed by atoms with Crippen LogP contribution in [0.25, 0.3) is 5.76 Å². The minimum atomic E-state index is -1.29. The van der Waals surface area contributed by atoms with E-state index in [9.17, 15) is 29.0 Å². The molecule has 1 amide bonds. The summed E-state index contributed by atoms with van der Waals surface area (Å²) in [5.41, 5.74) is -0.0410. The molecule has 1 saturated heterocycles. The number of rotatable bonds is 4. The van der Waals surface area contributed by atoms with E-state index in [0.717, 1.165) is 9.37 Å². The Balaban J connectivity index is 1.97. The smallest absolute Gasteiger partial charge is 0.335 e. The van der Waals surface area contributed by atoms with E-state index in [4.69, 9.17) is 0 Å². The lowest BCUT2D eigenvalue weighted by atomic mass is 9.94. The topological polar surface area (TPSA) is 94.9 Å². The van der Waals surface area contributed by atoms with E-state index < -0.39 is 35.3 Å². The zero-order valence-corrected chi connectivity index (χ0v) is 17.9. The van der Waals surface area contributed by atoms with Crippen LogP contribution in [0.5, 0.6) is 0 Å². The number of aromatic carboxylic acids is 1. The number of aliphatic hydroxyl groups excluding tert-OH is 1. The largest absolute Gasteiger partial charge is 0.507 e. The van der Waals surface area contributed by atoms with Crippen LogP contribution in [-0.2, 0) is 9.59 Å². The number of carbonyl (C=O) groups excluding carboxylic acids is 2. The van der Waals surface area contributed by atoms with Gasteiger partial charge >= 0.3 is 5.97 Å². The van der Waals surface area contributed by atoms with Crippen molar-refractivity contribution >= 4 is 45.0 Å². The normalized spacial score (nSPS) is 17.6. The molecule has 32 heavy (non-hydrogen) atoms. The number of benzene rings is 3. The lowest BCUT2D eigenvalue weighted by Crippen LogP contribution is -2.30. The predicted octanol–water partition coefficient (Wildman–Crippen LogP) is 4.91. The summed E-state index contributed by atoms with van der Waals surface area (Å²) in [6, 6.07) is 16.2. The second-order valence-corrected chi connectivity index (χ2v) is 7.97. The van der Waals surface area contributed by atoms with Crippen LogP contribution in [0.1, 0.15) is 27.5 Å². The Kier molecular flexibility index (Phi) is 5.63. The van der Waals surface area contributed by atoms with Gasteiger partial charge in [0, 0.05) is 21.3 Å². The molecule has 0 aromatic heterocycles. The highest BCUT2D eigenvalue weighted by molar-refractivity contribution is 9.10. The highest BCUT2D eigenvalue weighted by Gasteiger charge is 2.47. The molecule has 0 spiro atoms. The summed E-state index contributed by atoms with van der Waals surface area (Å²) in [7, 11) is 0. The molecule has 1 heterocycles. The van der Waals surface area contributed by atoms with E-state index in [2.05, 4.69) is 15.9 Å². The van der Waals surface area contributed by atoms with Crippen molar-refractivity contribution in [3.05, 3.63) is 105 Å². The van der Waals surface area contributed by atoms with E-state index >= 15 is 0 Å². The first-order chi connectivity index (χ1) is 15.3. The van der Waals surface area contributed by atoms with Crippen LogP contribution < -0.4 is 4.90 Å². The highest BCUT2D eigenvalue weighted by Crippen LogP contribution is 2.43. The van der Waals surface area contributed by atoms with Gasteiger partial charge in [0.15, 0.2) is 0 Å². The number of carbonyl (C=O) groups is 3. The second kappa shape index (κ2) is 8.39. The number of anilines is 1. The van der Waals surface area contributed by atoms with Crippen molar-refractivity contribution in [1.29, 1.82) is 0 Å². The second-order valence-electron chi connectivity index (χ2n) is 7.05. The fourth-order valence-electron chi connectivity index (χ4n) is 3.64. The minimum absolute atomic E-state index is 0.00825. The lowest BCUT2D eigenvalue weighted by Gasteiger charge is -2.26. The van der Waals surface area contributed by atoms with Crippen LogP contribution in [0.15, 0.2) is 82.8 Å². The van der Waals surface area contributed by atoms with Gasteiger partial charge < -0.3 is 10.2 Å². The van der Waals surface area contributed by atoms with E-state index in [1.807, 2.05) is 0 Å². The van der Waals surface area contributed by atoms with Crippen molar-refractivity contribution in [1.82, 2.24) is 0 Å². The lowest BCUT2D eigenvalue weighted by molar-refractivity contribution is -0.132. The molecule has 6 nitrogen and oxygen atoms in total. The number of hydrogen-bond donors (Lipinski definition) is 2. The number of nitrogens with zero attached hydrogens (tertiary/aromatic N) is 1. The molecule has 0 saturated carbocycles. The summed E-state index contributed by atoms with van der Waals surface area (Å²) in [6.07, 6.45) is 0. The number of hydrogen-bond acceptors (Lipinski definition) is 4. The van der Waals surface area contributed by atoms with Gasteiger partial charge in [0.25, 0.3) is 11.7 Å². The van der Waals surface area contributed by atoms with Crippen LogP contribution in [-0.4, -0.2) is 27.9 Å². The van der Waals surface area contributed by atoms with Crippen LogP contribution in [0.3, 0.4) is 0 Å². The molecule has 2 N–H and O–H groups in total. The minimum Gasteiger partial charge on any atom is -0.507 e. The number of Topliss-reactive ketones (excluding diaryl/α,β-unsaturated/α-hetero) is 1. The molecule has 1 aliphatic rings. The summed E-state index contributed by atoms with van der Waals surface area (Å²) in [5.74, 6) is -4.36. The Morgan fingerprint density at radius 2 is 1.59 bits per heavy atom. The zero-order chi connectivity index (χ0) is 23.0. The molecule has 8 heteroatoms. The maximum atomic E-state index is 14.8. The molecule has 4 rings (SSSR count). The SMILES string of the molecule is O=C1C(=O)N(c2cccc(C(=O)O)c2)[C@H](c2ccccc2F)/C1=C(\O)c1ccc(Br)cc1. The van der Waals surface area contributed by atoms with Crippen LogP contribution in [0, 0.1) is 5.82 Å². The van der Waals surface area contributed by atoms with Gasteiger partial charge in [0.1, 0.15) is 11.6 Å². The first kappa shape index (κ1) is 21.5. The number of halogens is 2. The fourth-order valence-corrected chi connectivity index (χ4v) is 3.91. The van der Waals surface area contributed by atoms with Crippen molar-refractivity contribution in [2.45, 2.75) is 6.04 Å². The Hall–Kier alpha value is -3.78. The van der Waals surface area contributed by atoms with Gasteiger partial charge in [-0.15, -0.1) is 0 Å². The molecule has 3 aromatic carbocycles. The molecular formula is C24H15BrFNO5. The van der Waals surface area contributed by atoms with Gasteiger partial charge in [0.05, 0.1) is 17.2 Å². The molecule has 0 unspecified atom stereocenters. The predicted molar refractivity (Wildman–Crippen MR) is 119 cm³/mol. The average molecular weight is 496 g/mol. The molecule has 3 aromatic rings. The molecule has 0 bridgehead atoms. The van der Waals surface area contributed by atoms with Crippen molar-refractivity contribution in [3.8, 4) is 0 Å². The first-order valence-corrected chi connectivity index (χ1v) is 10.2. The number of amides is 1. The summed E-state index contributed by atoms with van der Waals surface area (Å²) < 4.78 is 15.6. The van der Waals surface area contributed by atoms with Gasteiger partial charge in [-0.05, 0) is 36.4 Å². The van der Waals surface area contributed by atoms with Crippen molar-refractivity contribution in [2.75, 3.05) is 4.90 Å². The molecule has 0 radical (unpaired) electrons. The first-order valence-electron chi connectivity index (χ1n) is 9.44. The molecule has 1 aliphatic heterocycles. The van der Waals surface area contributed by atoms with E-state index in [0.29, 0.717) is 0 Å². The van der Waals surface area contributed by atoms with Gasteiger partial charge in [-0.3, -0.25) is 14.5 Å². The Morgan fingerprint density at radius 3 is 2.25 bits per heavy atom.